The van der Waals surface area contributed by atoms with Crippen LogP contribution in [0.3, 0.4) is 0 Å². The van der Waals surface area contributed by atoms with Crippen molar-refractivity contribution in [3.63, 3.8) is 0 Å². The van der Waals surface area contributed by atoms with E-state index in [0.29, 0.717) is 28.9 Å². The summed E-state index contributed by atoms with van der Waals surface area (Å²) < 4.78 is 5.69. The summed E-state index contributed by atoms with van der Waals surface area (Å²) in [5, 5.41) is 29.9. The number of carbonyl (C=O) groups excluding carboxylic acids is 4. The number of benzene rings is 5. The standard InChI is InChI=1S/C46H44N4O9/c51-42-28-36(46(55)56)25-31-15-22-38(23-16-31)59-29-43(52)47-40(26-33-13-20-37(21-14-33)50(57)58)44(53)49-41(45(54)48-39(42)24-17-30-7-3-1-4-8-30)27-32-11-18-35(19-12-32)34-9-5-2-6-10-34/h1-16,18-23,36,39-41H,17,24-29H2,(H,47,52)(H,48,54)(H,49,53)(H,55,56)/t36-,39+,40+,41-/m1/s1. The smallest absolute Gasteiger partial charge is 0.307 e. The fraction of sp³-hybridized carbons (Fsp3) is 0.239. The number of hydrogen-bond acceptors (Lipinski definition) is 8. The van der Waals surface area contributed by atoms with Gasteiger partial charge in [0.25, 0.3) is 11.6 Å². The number of nitro benzene ring substituents is 1. The molecule has 59 heavy (non-hydrogen) atoms. The molecule has 0 aromatic heterocycles. The van der Waals surface area contributed by atoms with Crippen LogP contribution in [0.5, 0.6) is 5.75 Å². The minimum Gasteiger partial charge on any atom is -0.484 e. The maximum absolute atomic E-state index is 14.4. The highest BCUT2D eigenvalue weighted by atomic mass is 16.6. The third-order valence-electron chi connectivity index (χ3n) is 10.2. The van der Waals surface area contributed by atoms with Gasteiger partial charge in [-0.05, 0) is 64.8 Å². The number of rotatable bonds is 10. The molecule has 0 saturated carbocycles. The van der Waals surface area contributed by atoms with Crippen molar-refractivity contribution in [1.29, 1.82) is 0 Å². The molecule has 2 aliphatic heterocycles. The van der Waals surface area contributed by atoms with Gasteiger partial charge in [0.05, 0.1) is 16.9 Å². The lowest BCUT2D eigenvalue weighted by Gasteiger charge is -2.26. The Bertz CT molecular complexity index is 2250. The summed E-state index contributed by atoms with van der Waals surface area (Å²) >= 11 is 0. The van der Waals surface area contributed by atoms with Crippen molar-refractivity contribution in [2.24, 2.45) is 5.92 Å². The minimum atomic E-state index is -1.25. The highest BCUT2D eigenvalue weighted by molar-refractivity contribution is 5.96. The van der Waals surface area contributed by atoms with Gasteiger partial charge in [0.1, 0.15) is 17.8 Å². The number of carbonyl (C=O) groups is 5. The zero-order valence-electron chi connectivity index (χ0n) is 32.1. The zero-order chi connectivity index (χ0) is 41.7. The molecule has 13 heteroatoms. The van der Waals surface area contributed by atoms with E-state index < -0.39 is 65.0 Å². The molecule has 3 amide bonds. The van der Waals surface area contributed by atoms with Crippen molar-refractivity contribution < 1.29 is 38.7 Å². The Balaban J connectivity index is 1.34. The molecule has 4 N–H and O–H groups in total. The van der Waals surface area contributed by atoms with Gasteiger partial charge < -0.3 is 25.8 Å². The Morgan fingerprint density at radius 2 is 1.19 bits per heavy atom. The van der Waals surface area contributed by atoms with Crippen molar-refractivity contribution in [2.75, 3.05) is 6.61 Å². The fourth-order valence-corrected chi connectivity index (χ4v) is 6.94. The molecular weight excluding hydrogens is 753 g/mol. The third kappa shape index (κ3) is 11.9. The second-order valence-electron chi connectivity index (χ2n) is 14.5. The van der Waals surface area contributed by atoms with E-state index in [1.165, 1.54) is 24.3 Å². The Morgan fingerprint density at radius 3 is 1.78 bits per heavy atom. The van der Waals surface area contributed by atoms with Crippen LogP contribution in [0.4, 0.5) is 5.69 Å². The van der Waals surface area contributed by atoms with E-state index in [1.54, 1.807) is 24.3 Å². The number of ether oxygens (including phenoxy) is 1. The molecule has 4 atom stereocenters. The van der Waals surface area contributed by atoms with Crippen LogP contribution < -0.4 is 20.7 Å². The number of carboxylic acid groups (broad SMARTS) is 1. The molecule has 0 fully saturated rings. The molecule has 0 aliphatic carbocycles. The number of hydrogen-bond donors (Lipinski definition) is 4. The average Bonchev–Trinajstić information content (AvgIpc) is 3.24. The Morgan fingerprint density at radius 1 is 0.644 bits per heavy atom. The summed E-state index contributed by atoms with van der Waals surface area (Å²) in [4.78, 5) is 79.3. The quantitative estimate of drug-likeness (QED) is 0.0810. The first-order valence-corrected chi connectivity index (χ1v) is 19.3. The topological polar surface area (TPSA) is 194 Å². The SMILES string of the molecule is O=C1COc2ccc(cc2)C[C@@H](C(=O)O)CC(=O)[C@H](CCc2ccccc2)NC(=O)[C@@H](Cc2ccc(-c3ccccc3)cc2)NC(=O)[C@H](Cc2ccc([N+](=O)[O-])cc2)N1. The summed E-state index contributed by atoms with van der Waals surface area (Å²) in [6, 6.07) is 35.0. The number of nitrogens with one attached hydrogen (secondary N) is 3. The molecule has 5 aromatic rings. The molecule has 0 radical (unpaired) electrons. The normalized spacial score (nSPS) is 19.2. The van der Waals surface area contributed by atoms with Crippen molar-refractivity contribution in [3.05, 3.63) is 166 Å². The van der Waals surface area contributed by atoms with Crippen LogP contribution >= 0.6 is 0 Å². The van der Waals surface area contributed by atoms with Crippen molar-refractivity contribution in [3.8, 4) is 16.9 Å². The van der Waals surface area contributed by atoms with Crippen molar-refractivity contribution in [1.82, 2.24) is 16.0 Å². The number of non-ortho nitro benzene ring substituents is 1. The van der Waals surface area contributed by atoms with E-state index in [0.717, 1.165) is 16.7 Å². The summed E-state index contributed by atoms with van der Waals surface area (Å²) in [7, 11) is 0. The fourth-order valence-electron chi connectivity index (χ4n) is 6.94. The van der Waals surface area contributed by atoms with Gasteiger partial charge in [-0.1, -0.05) is 109 Å². The Labute approximate surface area is 341 Å². The van der Waals surface area contributed by atoms with Crippen LogP contribution in [0.25, 0.3) is 11.1 Å². The van der Waals surface area contributed by atoms with E-state index in [4.69, 9.17) is 4.74 Å². The molecule has 0 saturated heterocycles. The molecule has 2 heterocycles. The number of aryl methyl sites for hydroxylation is 1. The number of nitro groups is 1. The van der Waals surface area contributed by atoms with Gasteiger partial charge in [-0.2, -0.15) is 0 Å². The Hall–Kier alpha value is -7.15. The second-order valence-corrected chi connectivity index (χ2v) is 14.5. The summed E-state index contributed by atoms with van der Waals surface area (Å²) in [5.41, 5.74) is 4.51. The number of ketones is 1. The summed E-state index contributed by atoms with van der Waals surface area (Å²) in [5.74, 6) is -4.48. The molecule has 13 nitrogen and oxygen atoms in total. The number of carboxylic acids is 1. The first-order chi connectivity index (χ1) is 28.5. The third-order valence-corrected chi connectivity index (χ3v) is 10.2. The van der Waals surface area contributed by atoms with Crippen LogP contribution in [0.15, 0.2) is 133 Å². The van der Waals surface area contributed by atoms with E-state index in [9.17, 15) is 39.2 Å². The van der Waals surface area contributed by atoms with Crippen molar-refractivity contribution >= 4 is 35.2 Å². The van der Waals surface area contributed by atoms with Gasteiger partial charge >= 0.3 is 5.97 Å². The average molecular weight is 797 g/mol. The van der Waals surface area contributed by atoms with Gasteiger partial charge in [-0.3, -0.25) is 34.1 Å². The number of fused-ring (bicyclic) bond motifs is 16. The molecule has 2 bridgehead atoms. The monoisotopic (exact) mass is 796 g/mol. The highest BCUT2D eigenvalue weighted by Gasteiger charge is 2.32. The molecule has 0 spiro atoms. The van der Waals surface area contributed by atoms with E-state index in [1.807, 2.05) is 84.9 Å². The van der Waals surface area contributed by atoms with E-state index in [2.05, 4.69) is 16.0 Å². The minimum absolute atomic E-state index is 0.000717. The predicted molar refractivity (Wildman–Crippen MR) is 219 cm³/mol. The molecule has 0 unspecified atom stereocenters. The molecule has 302 valence electrons. The van der Waals surface area contributed by atoms with Crippen molar-refractivity contribution in [2.45, 2.75) is 56.7 Å². The number of Topliss-reactive ketones (excluding diaryl/α,β-unsaturated/α-hetero) is 1. The first-order valence-electron chi connectivity index (χ1n) is 19.3. The molecule has 7 rings (SSSR count). The van der Waals surface area contributed by atoms with Gasteiger partial charge in [-0.15, -0.1) is 0 Å². The molecule has 5 aromatic carbocycles. The van der Waals surface area contributed by atoms with E-state index in [-0.39, 0.29) is 37.8 Å². The highest BCUT2D eigenvalue weighted by Crippen LogP contribution is 2.22. The number of nitrogens with zero attached hydrogens (tertiary/aromatic N) is 1. The maximum Gasteiger partial charge on any atom is 0.307 e. The lowest BCUT2D eigenvalue weighted by molar-refractivity contribution is -0.384. The second kappa shape index (κ2) is 19.8. The number of aliphatic carboxylic acids is 1. The van der Waals surface area contributed by atoms with Gasteiger partial charge in [0.15, 0.2) is 12.4 Å². The lowest BCUT2D eigenvalue weighted by atomic mass is 9.90. The lowest BCUT2D eigenvalue weighted by Crippen LogP contribution is -2.57. The molecular formula is C46H44N4O9. The maximum atomic E-state index is 14.4. The predicted octanol–water partition coefficient (Wildman–Crippen LogP) is 5.43. The van der Waals surface area contributed by atoms with Crippen LogP contribution in [-0.4, -0.2) is 64.2 Å². The van der Waals surface area contributed by atoms with Crippen LogP contribution in [0.1, 0.15) is 35.1 Å². The summed E-state index contributed by atoms with van der Waals surface area (Å²) in [6.45, 7) is -0.476. The van der Waals surface area contributed by atoms with E-state index >= 15 is 0 Å². The summed E-state index contributed by atoms with van der Waals surface area (Å²) in [6.07, 6.45) is 0.152. The van der Waals surface area contributed by atoms with Crippen LogP contribution in [0.2, 0.25) is 0 Å². The van der Waals surface area contributed by atoms with Crippen LogP contribution in [-0.2, 0) is 49.7 Å². The Kier molecular flexibility index (Phi) is 13.9. The van der Waals surface area contributed by atoms with Crippen LogP contribution in [0, 0.1) is 16.0 Å². The van der Waals surface area contributed by atoms with Gasteiger partial charge in [0.2, 0.25) is 11.8 Å². The van der Waals surface area contributed by atoms with Gasteiger partial charge in [-0.25, -0.2) is 0 Å². The molecule has 2 aliphatic rings. The largest absolute Gasteiger partial charge is 0.484 e. The van der Waals surface area contributed by atoms with Gasteiger partial charge in [0, 0.05) is 31.4 Å². The number of amides is 3. The zero-order valence-corrected chi connectivity index (χ0v) is 32.1. The first kappa shape index (κ1) is 41.5.